The number of benzene rings is 2. The van der Waals surface area contributed by atoms with Crippen LogP contribution in [0.1, 0.15) is 41.8 Å². The highest BCUT2D eigenvalue weighted by Crippen LogP contribution is 2.34. The van der Waals surface area contributed by atoms with Gasteiger partial charge in [0.15, 0.2) is 0 Å². The summed E-state index contributed by atoms with van der Waals surface area (Å²) in [6.07, 6.45) is 2.22. The van der Waals surface area contributed by atoms with E-state index >= 15 is 0 Å². The molecule has 0 saturated carbocycles. The second-order valence-electron chi connectivity index (χ2n) is 9.45. The van der Waals surface area contributed by atoms with Gasteiger partial charge in [0.25, 0.3) is 0 Å². The summed E-state index contributed by atoms with van der Waals surface area (Å²) in [4.78, 5) is 16.7. The average Bonchev–Trinajstić information content (AvgIpc) is 3.41. The summed E-state index contributed by atoms with van der Waals surface area (Å²) in [5, 5.41) is 2.03. The van der Waals surface area contributed by atoms with Gasteiger partial charge in [-0.25, -0.2) is 8.42 Å². The molecule has 0 aliphatic carbocycles. The van der Waals surface area contributed by atoms with Gasteiger partial charge in [-0.3, -0.25) is 4.79 Å². The molecule has 0 radical (unpaired) electrons. The molecule has 1 aliphatic rings. The highest BCUT2D eigenvalue weighted by atomic mass is 32.2. The molecule has 9 heteroatoms. The molecule has 38 heavy (non-hydrogen) atoms. The number of carbonyl (C=O) groups excluding carboxylic acids is 1. The van der Waals surface area contributed by atoms with E-state index < -0.39 is 10.0 Å². The summed E-state index contributed by atoms with van der Waals surface area (Å²) in [6, 6.07) is 15.9. The van der Waals surface area contributed by atoms with E-state index in [0.717, 1.165) is 22.0 Å². The van der Waals surface area contributed by atoms with E-state index in [9.17, 15) is 13.2 Å². The molecule has 1 atom stereocenters. The van der Waals surface area contributed by atoms with Crippen molar-refractivity contribution in [3.8, 4) is 11.5 Å². The van der Waals surface area contributed by atoms with E-state index in [1.54, 1.807) is 28.4 Å². The molecule has 1 aliphatic heterocycles. The number of methoxy groups -OCH3 is 1. The van der Waals surface area contributed by atoms with Crippen LogP contribution in [-0.2, 0) is 21.2 Å². The number of hydrogen-bond acceptors (Lipinski definition) is 6. The van der Waals surface area contributed by atoms with Gasteiger partial charge in [0.05, 0.1) is 24.6 Å². The highest BCUT2D eigenvalue weighted by Gasteiger charge is 2.35. The molecule has 0 unspecified atom stereocenters. The number of fused-ring (bicyclic) bond motifs is 1. The predicted molar refractivity (Wildman–Crippen MR) is 150 cm³/mol. The quantitative estimate of drug-likeness (QED) is 0.302. The van der Waals surface area contributed by atoms with Crippen LogP contribution in [-0.4, -0.2) is 56.9 Å². The first-order valence-electron chi connectivity index (χ1n) is 12.6. The Kier molecular flexibility index (Phi) is 8.91. The number of sulfonamides is 1. The molecule has 0 bridgehead atoms. The Hall–Kier alpha value is -3.14. The monoisotopic (exact) mass is 554 g/mol. The lowest BCUT2D eigenvalue weighted by Crippen LogP contribution is -2.47. The standard InChI is InChI=1S/C29H34N2O5S2/c1-5-16-30(38(33,34)25-12-10-23(35-4)11-13-25)19-29(32)31-17-14-28-26(15-18-37-28)27(31)20-36-24-8-6-22(7-9-24)21(2)3/h5-13,15,18,21,27H,1,14,16-17,19-20H2,2-4H3/t27-/m1/s1. The second-order valence-corrected chi connectivity index (χ2v) is 12.4. The molecule has 0 N–H and O–H groups in total. The normalized spacial score (nSPS) is 15.4. The molecule has 7 nitrogen and oxygen atoms in total. The van der Waals surface area contributed by atoms with E-state index in [4.69, 9.17) is 9.47 Å². The van der Waals surface area contributed by atoms with Gasteiger partial charge in [0, 0.05) is 18.0 Å². The summed E-state index contributed by atoms with van der Waals surface area (Å²) in [6.45, 7) is 8.49. The zero-order chi connectivity index (χ0) is 27.3. The van der Waals surface area contributed by atoms with E-state index in [2.05, 4.69) is 32.6 Å². The first-order valence-corrected chi connectivity index (χ1v) is 14.9. The van der Waals surface area contributed by atoms with Crippen LogP contribution in [0, 0.1) is 0 Å². The summed E-state index contributed by atoms with van der Waals surface area (Å²) in [5.41, 5.74) is 2.29. The number of hydrogen-bond donors (Lipinski definition) is 0. The Morgan fingerprint density at radius 1 is 1.13 bits per heavy atom. The van der Waals surface area contributed by atoms with E-state index in [0.29, 0.717) is 18.2 Å². The molecule has 1 amide bonds. The van der Waals surface area contributed by atoms with E-state index in [-0.39, 0.29) is 36.5 Å². The maximum absolute atomic E-state index is 13.6. The van der Waals surface area contributed by atoms with Gasteiger partial charge in [-0.1, -0.05) is 32.1 Å². The fourth-order valence-corrected chi connectivity index (χ4v) is 6.82. The Balaban J connectivity index is 1.53. The van der Waals surface area contributed by atoms with Crippen molar-refractivity contribution in [3.05, 3.63) is 88.6 Å². The van der Waals surface area contributed by atoms with E-state index in [1.807, 2.05) is 23.6 Å². The fourth-order valence-electron chi connectivity index (χ4n) is 4.53. The number of ether oxygens (including phenoxy) is 2. The molecule has 2 aromatic carbocycles. The third kappa shape index (κ3) is 6.11. The highest BCUT2D eigenvalue weighted by molar-refractivity contribution is 7.89. The van der Waals surface area contributed by atoms with Crippen molar-refractivity contribution in [3.63, 3.8) is 0 Å². The lowest BCUT2D eigenvalue weighted by molar-refractivity contribution is -0.135. The molecular formula is C29H34N2O5S2. The SMILES string of the molecule is C=CCN(CC(=O)N1CCc2sccc2[C@H]1COc1ccc(C(C)C)cc1)S(=O)(=O)c1ccc(OC)cc1. The largest absolute Gasteiger partial charge is 0.497 e. The maximum atomic E-state index is 13.6. The number of amides is 1. The smallest absolute Gasteiger partial charge is 0.243 e. The van der Waals surface area contributed by atoms with Crippen LogP contribution >= 0.6 is 11.3 Å². The molecule has 0 saturated heterocycles. The van der Waals surface area contributed by atoms with Crippen molar-refractivity contribution in [2.75, 3.05) is 33.4 Å². The number of nitrogens with zero attached hydrogens (tertiary/aromatic N) is 2. The molecule has 0 fully saturated rings. The zero-order valence-corrected chi connectivity index (χ0v) is 23.6. The topological polar surface area (TPSA) is 76.2 Å². The van der Waals surface area contributed by atoms with Crippen LogP contribution in [0.5, 0.6) is 11.5 Å². The van der Waals surface area contributed by atoms with Gasteiger partial charge in [-0.15, -0.1) is 17.9 Å². The minimum absolute atomic E-state index is 0.0149. The zero-order valence-electron chi connectivity index (χ0n) is 22.0. The third-order valence-electron chi connectivity index (χ3n) is 6.71. The van der Waals surface area contributed by atoms with Gasteiger partial charge >= 0.3 is 0 Å². The summed E-state index contributed by atoms with van der Waals surface area (Å²) in [7, 11) is -2.41. The van der Waals surface area contributed by atoms with Gasteiger partial charge < -0.3 is 14.4 Å². The van der Waals surface area contributed by atoms with Crippen LogP contribution in [0.15, 0.2) is 77.5 Å². The van der Waals surface area contributed by atoms with Gasteiger partial charge in [-0.05, 0) is 71.3 Å². The van der Waals surface area contributed by atoms with Crippen molar-refractivity contribution < 1.29 is 22.7 Å². The van der Waals surface area contributed by atoms with Crippen molar-refractivity contribution >= 4 is 27.3 Å². The summed E-state index contributed by atoms with van der Waals surface area (Å²) in [5.74, 6) is 1.44. The summed E-state index contributed by atoms with van der Waals surface area (Å²) < 4.78 is 39.3. The van der Waals surface area contributed by atoms with Crippen molar-refractivity contribution in [2.24, 2.45) is 0 Å². The summed E-state index contributed by atoms with van der Waals surface area (Å²) >= 11 is 1.67. The molecule has 0 spiro atoms. The van der Waals surface area contributed by atoms with Gasteiger partial charge in [0.2, 0.25) is 15.9 Å². The molecule has 202 valence electrons. The molecule has 2 heterocycles. The lowest BCUT2D eigenvalue weighted by atomic mass is 10.0. The Labute approximate surface area is 229 Å². The van der Waals surface area contributed by atoms with Gasteiger partial charge in [-0.2, -0.15) is 4.31 Å². The molecule has 3 aromatic rings. The van der Waals surface area contributed by atoms with Crippen LogP contribution in [0.3, 0.4) is 0 Å². The predicted octanol–water partition coefficient (Wildman–Crippen LogP) is 5.26. The Bertz CT molecular complexity index is 1350. The average molecular weight is 555 g/mol. The van der Waals surface area contributed by atoms with Crippen LogP contribution in [0.2, 0.25) is 0 Å². The lowest BCUT2D eigenvalue weighted by Gasteiger charge is -2.36. The van der Waals surface area contributed by atoms with Crippen LogP contribution in [0.25, 0.3) is 0 Å². The molecule has 4 rings (SSSR count). The minimum Gasteiger partial charge on any atom is -0.497 e. The first kappa shape index (κ1) is 27.9. The van der Waals surface area contributed by atoms with Gasteiger partial charge in [0.1, 0.15) is 18.1 Å². The van der Waals surface area contributed by atoms with Crippen molar-refractivity contribution in [1.29, 1.82) is 0 Å². The Morgan fingerprint density at radius 2 is 1.82 bits per heavy atom. The maximum Gasteiger partial charge on any atom is 0.243 e. The minimum atomic E-state index is -3.93. The van der Waals surface area contributed by atoms with Crippen LogP contribution < -0.4 is 9.47 Å². The first-order chi connectivity index (χ1) is 18.2. The third-order valence-corrected chi connectivity index (χ3v) is 9.53. The molecule has 1 aromatic heterocycles. The van der Waals surface area contributed by atoms with E-state index in [1.165, 1.54) is 35.8 Å². The molecular weight excluding hydrogens is 520 g/mol. The second kappa shape index (κ2) is 12.1. The Morgan fingerprint density at radius 3 is 2.45 bits per heavy atom. The number of rotatable bonds is 11. The van der Waals surface area contributed by atoms with Crippen molar-refractivity contribution in [2.45, 2.75) is 37.1 Å². The fraction of sp³-hybridized carbons (Fsp3) is 0.345. The van der Waals surface area contributed by atoms with Crippen LogP contribution in [0.4, 0.5) is 0 Å². The van der Waals surface area contributed by atoms with Crippen molar-refractivity contribution in [1.82, 2.24) is 9.21 Å². The number of carbonyl (C=O) groups is 1. The number of thiophene rings is 1.